The van der Waals surface area contributed by atoms with E-state index in [1.54, 1.807) is 25.1 Å². The smallest absolute Gasteiger partial charge is 0.325 e. The summed E-state index contributed by atoms with van der Waals surface area (Å²) in [6.45, 7) is 8.15. The number of piperidine rings is 1. The van der Waals surface area contributed by atoms with Crippen molar-refractivity contribution < 1.29 is 28.6 Å². The molecule has 1 saturated heterocycles. The number of hydrogen-bond donors (Lipinski definition) is 2. The molecule has 2 rings (SSSR count). The van der Waals surface area contributed by atoms with Gasteiger partial charge >= 0.3 is 12.0 Å². The van der Waals surface area contributed by atoms with Gasteiger partial charge in [-0.15, -0.1) is 0 Å². The Bertz CT molecular complexity index is 731. The van der Waals surface area contributed by atoms with Gasteiger partial charge in [0.2, 0.25) is 5.91 Å². The number of nitrogens with zero attached hydrogens (tertiary/aromatic N) is 1. The van der Waals surface area contributed by atoms with Gasteiger partial charge < -0.3 is 19.5 Å². The van der Waals surface area contributed by atoms with Crippen LogP contribution < -0.4 is 20.1 Å². The van der Waals surface area contributed by atoms with Crippen LogP contribution in [0.3, 0.4) is 0 Å². The number of amides is 3. The van der Waals surface area contributed by atoms with Crippen LogP contribution in [0.25, 0.3) is 0 Å². The third kappa shape index (κ3) is 7.22. The zero-order valence-electron chi connectivity index (χ0n) is 17.9. The molecule has 1 aliphatic rings. The van der Waals surface area contributed by atoms with Crippen LogP contribution in [0.4, 0.5) is 10.5 Å². The minimum atomic E-state index is -0.618. The molecule has 1 aromatic rings. The summed E-state index contributed by atoms with van der Waals surface area (Å²) < 4.78 is 16.1. The second-order valence-corrected chi connectivity index (χ2v) is 6.83. The molecule has 1 fully saturated rings. The molecule has 1 heterocycles. The van der Waals surface area contributed by atoms with Crippen molar-refractivity contribution in [2.24, 2.45) is 5.92 Å². The van der Waals surface area contributed by atoms with Crippen molar-refractivity contribution in [3.63, 3.8) is 0 Å². The van der Waals surface area contributed by atoms with Crippen molar-refractivity contribution in [1.82, 2.24) is 10.2 Å². The standard InChI is InChI=1S/C21H31N3O6/c1-4-28-17-8-7-16(13-18(17)29-5-2)22-21(27)23-19(25)14-24-11-9-15(10-12-24)20(26)30-6-3/h7-8,13,15H,4-6,9-12,14H2,1-3H3,(H2,22,23,25,27). The van der Waals surface area contributed by atoms with E-state index in [0.717, 1.165) is 0 Å². The highest BCUT2D eigenvalue weighted by Gasteiger charge is 2.27. The van der Waals surface area contributed by atoms with Crippen molar-refractivity contribution in [3.05, 3.63) is 18.2 Å². The Kier molecular flexibility index (Phi) is 9.40. The van der Waals surface area contributed by atoms with Crippen molar-refractivity contribution in [2.75, 3.05) is 44.8 Å². The predicted molar refractivity (Wildman–Crippen MR) is 112 cm³/mol. The van der Waals surface area contributed by atoms with Crippen molar-refractivity contribution in [3.8, 4) is 11.5 Å². The number of imide groups is 1. The van der Waals surface area contributed by atoms with Gasteiger partial charge in [0.1, 0.15) is 0 Å². The second-order valence-electron chi connectivity index (χ2n) is 6.83. The molecule has 166 valence electrons. The van der Waals surface area contributed by atoms with E-state index in [-0.39, 0.29) is 18.4 Å². The molecule has 0 saturated carbocycles. The first-order valence-electron chi connectivity index (χ1n) is 10.4. The number of likely N-dealkylation sites (tertiary alicyclic amines) is 1. The molecule has 0 aromatic heterocycles. The summed E-state index contributed by atoms with van der Waals surface area (Å²) in [5.74, 6) is 0.410. The maximum atomic E-state index is 12.2. The van der Waals surface area contributed by atoms with Crippen LogP contribution in [0.5, 0.6) is 11.5 Å². The van der Waals surface area contributed by atoms with E-state index < -0.39 is 11.9 Å². The zero-order chi connectivity index (χ0) is 21.9. The highest BCUT2D eigenvalue weighted by Crippen LogP contribution is 2.30. The van der Waals surface area contributed by atoms with E-state index in [9.17, 15) is 14.4 Å². The van der Waals surface area contributed by atoms with Crippen molar-refractivity contribution >= 4 is 23.6 Å². The van der Waals surface area contributed by atoms with Gasteiger partial charge in [-0.25, -0.2) is 4.79 Å². The molecule has 0 radical (unpaired) electrons. The Labute approximate surface area is 177 Å². The number of urea groups is 1. The molecule has 1 aromatic carbocycles. The largest absolute Gasteiger partial charge is 0.490 e. The van der Waals surface area contributed by atoms with Gasteiger partial charge in [-0.3, -0.25) is 19.8 Å². The number of carbonyl (C=O) groups is 3. The quantitative estimate of drug-likeness (QED) is 0.590. The number of ether oxygens (including phenoxy) is 3. The van der Waals surface area contributed by atoms with E-state index in [0.29, 0.717) is 62.9 Å². The number of esters is 1. The van der Waals surface area contributed by atoms with Gasteiger partial charge in [-0.2, -0.15) is 0 Å². The second kappa shape index (κ2) is 12.0. The first-order valence-corrected chi connectivity index (χ1v) is 10.4. The summed E-state index contributed by atoms with van der Waals surface area (Å²) in [6, 6.07) is 4.42. The highest BCUT2D eigenvalue weighted by molar-refractivity contribution is 6.01. The van der Waals surface area contributed by atoms with E-state index in [2.05, 4.69) is 10.6 Å². The monoisotopic (exact) mass is 421 g/mol. The fourth-order valence-electron chi connectivity index (χ4n) is 3.25. The topological polar surface area (TPSA) is 106 Å². The Hall–Kier alpha value is -2.81. The number of carbonyl (C=O) groups excluding carboxylic acids is 3. The fraction of sp³-hybridized carbons (Fsp3) is 0.571. The van der Waals surface area contributed by atoms with Crippen LogP contribution in [0.2, 0.25) is 0 Å². The SMILES string of the molecule is CCOC(=O)C1CCN(CC(=O)NC(=O)Nc2ccc(OCC)c(OCC)c2)CC1. The number of benzene rings is 1. The van der Waals surface area contributed by atoms with Gasteiger partial charge in [0.25, 0.3) is 0 Å². The Balaban J connectivity index is 1.80. The molecule has 0 spiro atoms. The van der Waals surface area contributed by atoms with Crippen molar-refractivity contribution in [1.29, 1.82) is 0 Å². The summed E-state index contributed by atoms with van der Waals surface area (Å²) in [7, 11) is 0. The summed E-state index contributed by atoms with van der Waals surface area (Å²) >= 11 is 0. The first-order chi connectivity index (χ1) is 14.5. The summed E-state index contributed by atoms with van der Waals surface area (Å²) in [5, 5.41) is 4.95. The third-order valence-electron chi connectivity index (χ3n) is 4.63. The number of hydrogen-bond acceptors (Lipinski definition) is 7. The molecule has 0 aliphatic carbocycles. The van der Waals surface area contributed by atoms with E-state index in [1.165, 1.54) is 0 Å². The van der Waals surface area contributed by atoms with E-state index >= 15 is 0 Å². The van der Waals surface area contributed by atoms with Crippen LogP contribution in [0.1, 0.15) is 33.6 Å². The minimum Gasteiger partial charge on any atom is -0.490 e. The van der Waals surface area contributed by atoms with Gasteiger partial charge in [0.05, 0.1) is 32.3 Å². The Morgan fingerprint density at radius 2 is 1.67 bits per heavy atom. The molecule has 1 aliphatic heterocycles. The lowest BCUT2D eigenvalue weighted by atomic mass is 9.97. The summed E-state index contributed by atoms with van der Waals surface area (Å²) in [6.07, 6.45) is 1.29. The lowest BCUT2D eigenvalue weighted by Crippen LogP contribution is -2.45. The lowest BCUT2D eigenvalue weighted by Gasteiger charge is -2.30. The average molecular weight is 421 g/mol. The van der Waals surface area contributed by atoms with Crippen LogP contribution >= 0.6 is 0 Å². The predicted octanol–water partition coefficient (Wildman–Crippen LogP) is 2.41. The van der Waals surface area contributed by atoms with E-state index in [1.807, 2.05) is 18.7 Å². The molecule has 2 N–H and O–H groups in total. The molecule has 30 heavy (non-hydrogen) atoms. The minimum absolute atomic E-state index is 0.0937. The third-order valence-corrected chi connectivity index (χ3v) is 4.63. The Morgan fingerprint density at radius 3 is 2.30 bits per heavy atom. The molecule has 0 unspecified atom stereocenters. The summed E-state index contributed by atoms with van der Waals surface area (Å²) in [4.78, 5) is 38.0. The molecule has 3 amide bonds. The van der Waals surface area contributed by atoms with Gasteiger partial charge in [0, 0.05) is 11.8 Å². The van der Waals surface area contributed by atoms with Gasteiger partial charge in [-0.1, -0.05) is 0 Å². The zero-order valence-corrected chi connectivity index (χ0v) is 17.9. The first kappa shape index (κ1) is 23.5. The number of rotatable bonds is 9. The normalized spacial score (nSPS) is 14.6. The Morgan fingerprint density at radius 1 is 1.00 bits per heavy atom. The molecule has 9 heteroatoms. The maximum Gasteiger partial charge on any atom is 0.325 e. The summed E-state index contributed by atoms with van der Waals surface area (Å²) in [5.41, 5.74) is 0.488. The molecule has 0 bridgehead atoms. The average Bonchev–Trinajstić information content (AvgIpc) is 2.71. The van der Waals surface area contributed by atoms with Crippen LogP contribution in [0.15, 0.2) is 18.2 Å². The van der Waals surface area contributed by atoms with E-state index in [4.69, 9.17) is 14.2 Å². The molecular weight excluding hydrogens is 390 g/mol. The van der Waals surface area contributed by atoms with Crippen LogP contribution in [-0.4, -0.2) is 62.3 Å². The lowest BCUT2D eigenvalue weighted by molar-refractivity contribution is -0.149. The van der Waals surface area contributed by atoms with Gasteiger partial charge in [0.15, 0.2) is 11.5 Å². The molecular formula is C21H31N3O6. The van der Waals surface area contributed by atoms with Gasteiger partial charge in [-0.05, 0) is 58.8 Å². The highest BCUT2D eigenvalue weighted by atomic mass is 16.5. The van der Waals surface area contributed by atoms with Crippen LogP contribution in [0, 0.1) is 5.92 Å². The maximum absolute atomic E-state index is 12.2. The molecule has 9 nitrogen and oxygen atoms in total. The van der Waals surface area contributed by atoms with Crippen LogP contribution in [-0.2, 0) is 14.3 Å². The van der Waals surface area contributed by atoms with Crippen molar-refractivity contribution in [2.45, 2.75) is 33.6 Å². The molecule has 0 atom stereocenters. The fourth-order valence-corrected chi connectivity index (χ4v) is 3.25. The number of nitrogens with one attached hydrogen (secondary N) is 2. The number of anilines is 1.